The molecule has 0 aromatic heterocycles. The van der Waals surface area contributed by atoms with E-state index in [2.05, 4.69) is 6.92 Å². The summed E-state index contributed by atoms with van der Waals surface area (Å²) in [5.41, 5.74) is 0. The minimum Gasteiger partial charge on any atom is -0.393 e. The van der Waals surface area contributed by atoms with E-state index in [-0.39, 0.29) is 6.10 Å². The van der Waals surface area contributed by atoms with E-state index in [1.807, 2.05) is 0 Å². The first-order valence-electron chi connectivity index (χ1n) is 4.49. The van der Waals surface area contributed by atoms with Gasteiger partial charge in [0.25, 0.3) is 0 Å². The molecule has 0 aromatic carbocycles. The van der Waals surface area contributed by atoms with Crippen LogP contribution in [-0.2, 0) is 0 Å². The Kier molecular flexibility index (Phi) is 1.48. The minimum atomic E-state index is 0.0628. The summed E-state index contributed by atoms with van der Waals surface area (Å²) in [5, 5.41) is 9.43. The van der Waals surface area contributed by atoms with Gasteiger partial charge in [0.05, 0.1) is 6.10 Å². The van der Waals surface area contributed by atoms with Gasteiger partial charge in [0.2, 0.25) is 0 Å². The third-order valence-corrected chi connectivity index (χ3v) is 3.49. The zero-order valence-corrected chi connectivity index (χ0v) is 6.59. The third kappa shape index (κ3) is 0.800. The van der Waals surface area contributed by atoms with Gasteiger partial charge in [-0.15, -0.1) is 0 Å². The molecular formula is C9H16O. The fourth-order valence-electron chi connectivity index (χ4n) is 2.86. The highest BCUT2D eigenvalue weighted by atomic mass is 16.3. The predicted octanol–water partition coefficient (Wildman–Crippen LogP) is 1.80. The fraction of sp³-hybridized carbons (Fsp3) is 1.00. The van der Waals surface area contributed by atoms with Crippen molar-refractivity contribution in [1.82, 2.24) is 0 Å². The van der Waals surface area contributed by atoms with Crippen LogP contribution < -0.4 is 0 Å². The maximum absolute atomic E-state index is 9.43. The summed E-state index contributed by atoms with van der Waals surface area (Å²) in [4.78, 5) is 0. The zero-order valence-electron chi connectivity index (χ0n) is 6.59. The predicted molar refractivity (Wildman–Crippen MR) is 40.6 cm³/mol. The van der Waals surface area contributed by atoms with Crippen molar-refractivity contribution in [3.63, 3.8) is 0 Å². The van der Waals surface area contributed by atoms with Crippen molar-refractivity contribution in [3.05, 3.63) is 0 Å². The second-order valence-electron chi connectivity index (χ2n) is 3.96. The van der Waals surface area contributed by atoms with Crippen molar-refractivity contribution in [2.75, 3.05) is 0 Å². The Morgan fingerprint density at radius 1 is 1.20 bits per heavy atom. The monoisotopic (exact) mass is 140 g/mol. The second kappa shape index (κ2) is 2.23. The van der Waals surface area contributed by atoms with Crippen molar-refractivity contribution in [3.8, 4) is 0 Å². The topological polar surface area (TPSA) is 20.2 Å². The lowest BCUT2D eigenvalue weighted by atomic mass is 9.86. The third-order valence-electron chi connectivity index (χ3n) is 3.49. The lowest BCUT2D eigenvalue weighted by molar-refractivity contribution is 0.0943. The molecular weight excluding hydrogens is 124 g/mol. The molecule has 0 saturated heterocycles. The molecule has 0 aromatic rings. The number of aliphatic hydroxyl groups is 1. The molecule has 2 bridgehead atoms. The molecule has 1 N–H and O–H groups in total. The average Bonchev–Trinajstić information content (AvgIpc) is 2.44. The summed E-state index contributed by atoms with van der Waals surface area (Å²) in [6.45, 7) is 2.28. The van der Waals surface area contributed by atoms with Gasteiger partial charge in [0.1, 0.15) is 0 Å². The number of hydrogen-bond acceptors (Lipinski definition) is 1. The van der Waals surface area contributed by atoms with E-state index in [0.29, 0.717) is 5.92 Å². The van der Waals surface area contributed by atoms with Crippen LogP contribution in [0.3, 0.4) is 0 Å². The van der Waals surface area contributed by atoms with Crippen LogP contribution >= 0.6 is 0 Å². The summed E-state index contributed by atoms with van der Waals surface area (Å²) in [7, 11) is 0. The van der Waals surface area contributed by atoms with E-state index in [1.54, 1.807) is 0 Å². The van der Waals surface area contributed by atoms with Crippen LogP contribution in [0.15, 0.2) is 0 Å². The molecule has 0 amide bonds. The van der Waals surface area contributed by atoms with Gasteiger partial charge in [-0.25, -0.2) is 0 Å². The molecule has 4 atom stereocenters. The van der Waals surface area contributed by atoms with Crippen LogP contribution in [0.5, 0.6) is 0 Å². The van der Waals surface area contributed by atoms with Crippen molar-refractivity contribution in [2.45, 2.75) is 38.7 Å². The van der Waals surface area contributed by atoms with E-state index in [9.17, 15) is 5.11 Å². The quantitative estimate of drug-likeness (QED) is 0.589. The number of aliphatic hydroxyl groups excluding tert-OH is 1. The standard InChI is InChI=1S/C9H16O/c1-2-6-3-8-4-7(6)5-9(8)10/h6-10H,2-5H2,1H3/t6-,7+,8-,9+/m1/s1. The number of rotatable bonds is 1. The Morgan fingerprint density at radius 2 is 2.00 bits per heavy atom. The van der Waals surface area contributed by atoms with Crippen LogP contribution in [0.25, 0.3) is 0 Å². The maximum Gasteiger partial charge on any atom is 0.0571 e. The molecule has 0 heterocycles. The van der Waals surface area contributed by atoms with Crippen LogP contribution in [0, 0.1) is 17.8 Å². The lowest BCUT2D eigenvalue weighted by Crippen LogP contribution is -2.20. The van der Waals surface area contributed by atoms with Crippen molar-refractivity contribution >= 4 is 0 Å². The molecule has 0 aliphatic heterocycles. The molecule has 2 rings (SSSR count). The highest BCUT2D eigenvalue weighted by molar-refractivity contribution is 4.94. The maximum atomic E-state index is 9.43. The molecule has 0 unspecified atom stereocenters. The molecule has 0 radical (unpaired) electrons. The smallest absolute Gasteiger partial charge is 0.0571 e. The molecule has 2 saturated carbocycles. The van der Waals surface area contributed by atoms with Gasteiger partial charge >= 0.3 is 0 Å². The highest BCUT2D eigenvalue weighted by Crippen LogP contribution is 2.49. The Labute approximate surface area is 62.4 Å². The van der Waals surface area contributed by atoms with E-state index in [1.165, 1.54) is 19.3 Å². The van der Waals surface area contributed by atoms with Gasteiger partial charge in [0, 0.05) is 0 Å². The first-order valence-corrected chi connectivity index (χ1v) is 4.49. The van der Waals surface area contributed by atoms with Gasteiger partial charge < -0.3 is 5.11 Å². The van der Waals surface area contributed by atoms with E-state index < -0.39 is 0 Å². The van der Waals surface area contributed by atoms with Gasteiger partial charge in [-0.05, 0) is 37.0 Å². The Hall–Kier alpha value is -0.0400. The Morgan fingerprint density at radius 3 is 2.40 bits per heavy atom. The molecule has 2 aliphatic carbocycles. The van der Waals surface area contributed by atoms with Gasteiger partial charge in [-0.1, -0.05) is 13.3 Å². The van der Waals surface area contributed by atoms with Crippen LogP contribution in [0.1, 0.15) is 32.6 Å². The molecule has 2 fully saturated rings. The molecule has 1 nitrogen and oxygen atoms in total. The largest absolute Gasteiger partial charge is 0.393 e. The SMILES string of the molecule is CC[C@@H]1C[C@@H]2C[C@H]1C[C@@H]2O. The van der Waals surface area contributed by atoms with Gasteiger partial charge in [-0.3, -0.25) is 0 Å². The van der Waals surface area contributed by atoms with Crippen LogP contribution in [0.4, 0.5) is 0 Å². The summed E-state index contributed by atoms with van der Waals surface area (Å²) in [5.74, 6) is 2.51. The summed E-state index contributed by atoms with van der Waals surface area (Å²) in [6.07, 6.45) is 5.12. The summed E-state index contributed by atoms with van der Waals surface area (Å²) >= 11 is 0. The molecule has 0 spiro atoms. The van der Waals surface area contributed by atoms with E-state index in [4.69, 9.17) is 0 Å². The van der Waals surface area contributed by atoms with Gasteiger partial charge in [-0.2, -0.15) is 0 Å². The summed E-state index contributed by atoms with van der Waals surface area (Å²) in [6, 6.07) is 0. The minimum absolute atomic E-state index is 0.0628. The van der Waals surface area contributed by atoms with E-state index >= 15 is 0 Å². The van der Waals surface area contributed by atoms with Gasteiger partial charge in [0.15, 0.2) is 0 Å². The van der Waals surface area contributed by atoms with E-state index in [0.717, 1.165) is 18.3 Å². The molecule has 2 aliphatic rings. The average molecular weight is 140 g/mol. The number of fused-ring (bicyclic) bond motifs is 2. The number of hydrogen-bond donors (Lipinski definition) is 1. The summed E-state index contributed by atoms with van der Waals surface area (Å²) < 4.78 is 0. The highest BCUT2D eigenvalue weighted by Gasteiger charge is 2.43. The Balaban J connectivity index is 2.02. The van der Waals surface area contributed by atoms with Crippen LogP contribution in [-0.4, -0.2) is 11.2 Å². The molecule has 58 valence electrons. The van der Waals surface area contributed by atoms with Crippen molar-refractivity contribution < 1.29 is 5.11 Å². The fourth-order valence-corrected chi connectivity index (χ4v) is 2.86. The lowest BCUT2D eigenvalue weighted by Gasteiger charge is -2.23. The molecule has 1 heteroatoms. The zero-order chi connectivity index (χ0) is 7.14. The van der Waals surface area contributed by atoms with Crippen molar-refractivity contribution in [2.24, 2.45) is 17.8 Å². The second-order valence-corrected chi connectivity index (χ2v) is 3.96. The first-order chi connectivity index (χ1) is 4.81. The van der Waals surface area contributed by atoms with Crippen LogP contribution in [0.2, 0.25) is 0 Å². The Bertz CT molecular complexity index is 131. The first kappa shape index (κ1) is 6.66. The molecule has 10 heavy (non-hydrogen) atoms. The normalized spacial score (nSPS) is 52.2. The van der Waals surface area contributed by atoms with Crippen molar-refractivity contribution in [1.29, 1.82) is 0 Å².